The van der Waals surface area contributed by atoms with E-state index in [-0.39, 0.29) is 5.92 Å². The number of piperazine rings is 1. The van der Waals surface area contributed by atoms with Crippen LogP contribution in [-0.4, -0.2) is 52.2 Å². The molecule has 2 aromatic rings. The Morgan fingerprint density at radius 2 is 1.76 bits per heavy atom. The number of aromatic amines is 1. The van der Waals surface area contributed by atoms with Gasteiger partial charge in [0.1, 0.15) is 5.82 Å². The lowest BCUT2D eigenvalue weighted by atomic mass is 9.88. The minimum Gasteiger partial charge on any atom is -0.353 e. The summed E-state index contributed by atoms with van der Waals surface area (Å²) < 4.78 is 0. The molecule has 4 rings (SSSR count). The summed E-state index contributed by atoms with van der Waals surface area (Å²) in [4.78, 5) is 21.2. The van der Waals surface area contributed by atoms with Crippen molar-refractivity contribution in [2.45, 2.75) is 32.1 Å². The maximum atomic E-state index is 12.7. The first-order valence-electron chi connectivity index (χ1n) is 9.30. The Labute approximate surface area is 148 Å². The smallest absolute Gasteiger partial charge is 0.225 e. The molecule has 0 bridgehead atoms. The van der Waals surface area contributed by atoms with Crippen molar-refractivity contribution in [3.8, 4) is 11.1 Å². The summed E-state index contributed by atoms with van der Waals surface area (Å²) in [6.07, 6.45) is 11.3. The van der Waals surface area contributed by atoms with Crippen LogP contribution in [0.4, 0.5) is 5.82 Å². The second-order valence-corrected chi connectivity index (χ2v) is 7.02. The zero-order valence-electron chi connectivity index (χ0n) is 14.5. The van der Waals surface area contributed by atoms with Crippen LogP contribution in [0.3, 0.4) is 0 Å². The highest BCUT2D eigenvalue weighted by Gasteiger charge is 2.29. The summed E-state index contributed by atoms with van der Waals surface area (Å²) in [6.45, 7) is 3.28. The number of amides is 1. The molecule has 132 valence electrons. The Kier molecular flexibility index (Phi) is 4.68. The molecule has 0 spiro atoms. The van der Waals surface area contributed by atoms with Crippen LogP contribution in [0.25, 0.3) is 11.1 Å². The summed E-state index contributed by atoms with van der Waals surface area (Å²) in [6, 6.07) is 3.99. The number of nitrogens with one attached hydrogen (secondary N) is 1. The molecule has 1 N–H and O–H groups in total. The molecular formula is C19H25N5O. The molecule has 0 atom stereocenters. The predicted octanol–water partition coefficient (Wildman–Crippen LogP) is 2.70. The quantitative estimate of drug-likeness (QED) is 0.934. The molecule has 1 saturated heterocycles. The van der Waals surface area contributed by atoms with E-state index in [1.807, 2.05) is 18.3 Å². The number of anilines is 1. The number of aromatic nitrogens is 3. The number of carbonyl (C=O) groups excluding carboxylic acids is 1. The van der Waals surface area contributed by atoms with Crippen molar-refractivity contribution in [1.82, 2.24) is 20.1 Å². The number of nitrogens with zero attached hydrogens (tertiary/aromatic N) is 4. The normalized spacial score (nSPS) is 19.2. The van der Waals surface area contributed by atoms with Gasteiger partial charge in [-0.2, -0.15) is 5.10 Å². The predicted molar refractivity (Wildman–Crippen MR) is 97.2 cm³/mol. The van der Waals surface area contributed by atoms with Gasteiger partial charge in [-0.3, -0.25) is 14.9 Å². The fourth-order valence-corrected chi connectivity index (χ4v) is 4.02. The number of H-pyrrole nitrogens is 1. The molecule has 1 amide bonds. The van der Waals surface area contributed by atoms with Crippen LogP contribution in [0.15, 0.2) is 30.7 Å². The van der Waals surface area contributed by atoms with E-state index in [0.717, 1.165) is 56.0 Å². The summed E-state index contributed by atoms with van der Waals surface area (Å²) >= 11 is 0. The largest absolute Gasteiger partial charge is 0.353 e. The van der Waals surface area contributed by atoms with Gasteiger partial charge in [0.2, 0.25) is 5.91 Å². The third kappa shape index (κ3) is 3.38. The van der Waals surface area contributed by atoms with E-state index in [0.29, 0.717) is 5.91 Å². The van der Waals surface area contributed by atoms with E-state index in [9.17, 15) is 4.79 Å². The van der Waals surface area contributed by atoms with E-state index in [2.05, 4.69) is 25.0 Å². The van der Waals surface area contributed by atoms with Crippen LogP contribution in [0.5, 0.6) is 0 Å². The van der Waals surface area contributed by atoms with Crippen LogP contribution in [0, 0.1) is 5.92 Å². The molecule has 6 nitrogen and oxygen atoms in total. The summed E-state index contributed by atoms with van der Waals surface area (Å²) in [5.74, 6) is 1.68. The van der Waals surface area contributed by atoms with Gasteiger partial charge < -0.3 is 9.80 Å². The Hall–Kier alpha value is -2.37. The molecule has 2 fully saturated rings. The van der Waals surface area contributed by atoms with E-state index >= 15 is 0 Å². The van der Waals surface area contributed by atoms with Gasteiger partial charge in [0.05, 0.1) is 6.20 Å². The van der Waals surface area contributed by atoms with Gasteiger partial charge in [-0.1, -0.05) is 19.3 Å². The average Bonchev–Trinajstić information content (AvgIpc) is 3.19. The van der Waals surface area contributed by atoms with Crippen LogP contribution in [-0.2, 0) is 4.79 Å². The molecule has 0 unspecified atom stereocenters. The topological polar surface area (TPSA) is 65.1 Å². The lowest BCUT2D eigenvalue weighted by Crippen LogP contribution is -2.50. The maximum absolute atomic E-state index is 12.7. The molecule has 6 heteroatoms. The zero-order valence-corrected chi connectivity index (χ0v) is 14.5. The Bertz CT molecular complexity index is 700. The van der Waals surface area contributed by atoms with Gasteiger partial charge in [0.15, 0.2) is 0 Å². The third-order valence-electron chi connectivity index (χ3n) is 5.47. The van der Waals surface area contributed by atoms with Gasteiger partial charge in [-0.25, -0.2) is 0 Å². The van der Waals surface area contributed by atoms with Crippen molar-refractivity contribution in [1.29, 1.82) is 0 Å². The molecule has 0 radical (unpaired) electrons. The van der Waals surface area contributed by atoms with Crippen molar-refractivity contribution in [2.24, 2.45) is 5.92 Å². The summed E-state index contributed by atoms with van der Waals surface area (Å²) in [5, 5.41) is 7.37. The summed E-state index contributed by atoms with van der Waals surface area (Å²) in [5.41, 5.74) is 2.20. The first-order chi connectivity index (χ1) is 12.3. The molecule has 1 saturated carbocycles. The lowest BCUT2D eigenvalue weighted by Gasteiger charge is -2.37. The van der Waals surface area contributed by atoms with Gasteiger partial charge >= 0.3 is 0 Å². The van der Waals surface area contributed by atoms with Gasteiger partial charge in [-0.15, -0.1) is 0 Å². The van der Waals surface area contributed by atoms with Crippen LogP contribution in [0.1, 0.15) is 32.1 Å². The number of pyridine rings is 1. The van der Waals surface area contributed by atoms with E-state index in [1.165, 1.54) is 19.3 Å². The number of carbonyl (C=O) groups is 1. The van der Waals surface area contributed by atoms with E-state index in [4.69, 9.17) is 0 Å². The van der Waals surface area contributed by atoms with Crippen molar-refractivity contribution in [2.75, 3.05) is 31.1 Å². The van der Waals surface area contributed by atoms with Crippen LogP contribution >= 0.6 is 0 Å². The van der Waals surface area contributed by atoms with Crippen LogP contribution < -0.4 is 4.90 Å². The Morgan fingerprint density at radius 3 is 2.48 bits per heavy atom. The number of hydrogen-bond acceptors (Lipinski definition) is 4. The molecule has 25 heavy (non-hydrogen) atoms. The SMILES string of the molecule is O=C(C1CCCCC1)N1CCN(c2[nH]ncc2-c2ccncc2)CC1. The molecule has 2 aromatic heterocycles. The molecule has 1 aliphatic heterocycles. The van der Waals surface area contributed by atoms with Gasteiger partial charge in [-0.05, 0) is 30.5 Å². The van der Waals surface area contributed by atoms with Crippen molar-refractivity contribution in [3.05, 3.63) is 30.7 Å². The fourth-order valence-electron chi connectivity index (χ4n) is 4.02. The molecular weight excluding hydrogens is 314 g/mol. The molecule has 1 aliphatic carbocycles. The second kappa shape index (κ2) is 7.25. The number of rotatable bonds is 3. The zero-order chi connectivity index (χ0) is 17.1. The Balaban J connectivity index is 1.41. The maximum Gasteiger partial charge on any atom is 0.225 e. The average molecular weight is 339 g/mol. The minimum absolute atomic E-state index is 0.264. The van der Waals surface area contributed by atoms with Gasteiger partial charge in [0.25, 0.3) is 0 Å². The fraction of sp³-hybridized carbons (Fsp3) is 0.526. The highest BCUT2D eigenvalue weighted by molar-refractivity contribution is 5.80. The van der Waals surface area contributed by atoms with Crippen molar-refractivity contribution >= 4 is 11.7 Å². The monoisotopic (exact) mass is 339 g/mol. The first kappa shape index (κ1) is 16.1. The standard InChI is InChI=1S/C19H25N5O/c25-19(16-4-2-1-3-5-16)24-12-10-23(11-13-24)18-17(14-21-22-18)15-6-8-20-9-7-15/h6-9,14,16H,1-5,10-13H2,(H,21,22). The van der Waals surface area contributed by atoms with Crippen molar-refractivity contribution in [3.63, 3.8) is 0 Å². The molecule has 3 heterocycles. The van der Waals surface area contributed by atoms with E-state index < -0.39 is 0 Å². The lowest BCUT2D eigenvalue weighted by molar-refractivity contribution is -0.136. The van der Waals surface area contributed by atoms with Crippen molar-refractivity contribution < 1.29 is 4.79 Å². The summed E-state index contributed by atoms with van der Waals surface area (Å²) in [7, 11) is 0. The van der Waals surface area contributed by atoms with E-state index in [1.54, 1.807) is 12.4 Å². The highest BCUT2D eigenvalue weighted by atomic mass is 16.2. The van der Waals surface area contributed by atoms with Gasteiger partial charge in [0, 0.05) is 50.1 Å². The third-order valence-corrected chi connectivity index (χ3v) is 5.47. The molecule has 2 aliphatic rings. The first-order valence-corrected chi connectivity index (χ1v) is 9.30. The Morgan fingerprint density at radius 1 is 1.04 bits per heavy atom. The minimum atomic E-state index is 0.264. The molecule has 0 aromatic carbocycles. The second-order valence-electron chi connectivity index (χ2n) is 7.02. The van der Waals surface area contributed by atoms with Crippen LogP contribution in [0.2, 0.25) is 0 Å². The highest BCUT2D eigenvalue weighted by Crippen LogP contribution is 2.30. The number of hydrogen-bond donors (Lipinski definition) is 1.